The minimum atomic E-state index is -0.206. The molecule has 0 saturated carbocycles. The van der Waals surface area contributed by atoms with Gasteiger partial charge in [0.25, 0.3) is 5.91 Å². The van der Waals surface area contributed by atoms with E-state index >= 15 is 0 Å². The van der Waals surface area contributed by atoms with Crippen LogP contribution in [0.5, 0.6) is 0 Å². The highest BCUT2D eigenvalue weighted by Crippen LogP contribution is 2.29. The van der Waals surface area contributed by atoms with E-state index in [1.165, 1.54) is 5.56 Å². The van der Waals surface area contributed by atoms with Crippen LogP contribution in [0.4, 0.5) is 0 Å². The third kappa shape index (κ3) is 3.82. The highest BCUT2D eigenvalue weighted by atomic mass is 16.5. The predicted octanol–water partition coefficient (Wildman–Crippen LogP) is 4.27. The largest absolute Gasteiger partial charge is 0.355 e. The van der Waals surface area contributed by atoms with Crippen LogP contribution in [0.2, 0.25) is 0 Å². The van der Waals surface area contributed by atoms with Crippen molar-refractivity contribution >= 4 is 5.91 Å². The van der Waals surface area contributed by atoms with Crippen molar-refractivity contribution in [3.63, 3.8) is 0 Å². The number of aryl methyl sites for hydroxylation is 1. The molecular formula is C21H23N3O2. The van der Waals surface area contributed by atoms with Gasteiger partial charge in [0.2, 0.25) is 0 Å². The quantitative estimate of drug-likeness (QED) is 0.764. The molecule has 0 fully saturated rings. The van der Waals surface area contributed by atoms with Gasteiger partial charge < -0.3 is 9.84 Å². The zero-order chi connectivity index (χ0) is 18.7. The Kier molecular flexibility index (Phi) is 4.89. The first-order chi connectivity index (χ1) is 12.4. The summed E-state index contributed by atoms with van der Waals surface area (Å²) in [6.07, 6.45) is 3.43. The number of benzene rings is 1. The molecule has 0 radical (unpaired) electrons. The number of rotatable bonds is 4. The molecular weight excluding hydrogens is 326 g/mol. The van der Waals surface area contributed by atoms with Gasteiger partial charge in [-0.2, -0.15) is 0 Å². The zero-order valence-electron chi connectivity index (χ0n) is 15.5. The Labute approximate surface area is 153 Å². The molecule has 0 aliphatic heterocycles. The molecule has 2 heterocycles. The summed E-state index contributed by atoms with van der Waals surface area (Å²) < 4.78 is 5.46. The molecule has 0 aliphatic rings. The molecule has 26 heavy (non-hydrogen) atoms. The first kappa shape index (κ1) is 17.9. The maximum atomic E-state index is 12.7. The van der Waals surface area contributed by atoms with Crippen LogP contribution < -0.4 is 5.32 Å². The van der Waals surface area contributed by atoms with Gasteiger partial charge in [0, 0.05) is 24.5 Å². The molecule has 3 aromatic rings. The number of carbonyl (C=O) groups is 1. The van der Waals surface area contributed by atoms with Gasteiger partial charge in [0.05, 0.1) is 5.69 Å². The first-order valence-corrected chi connectivity index (χ1v) is 8.60. The normalized spacial score (nSPS) is 11.4. The van der Waals surface area contributed by atoms with E-state index in [-0.39, 0.29) is 11.3 Å². The molecule has 0 saturated heterocycles. The molecule has 0 aliphatic carbocycles. The molecule has 0 bridgehead atoms. The van der Waals surface area contributed by atoms with Crippen LogP contribution in [0.1, 0.15) is 48.0 Å². The maximum absolute atomic E-state index is 12.7. The number of nitrogens with zero attached hydrogens (tertiary/aromatic N) is 2. The number of hydrogen-bond donors (Lipinski definition) is 1. The summed E-state index contributed by atoms with van der Waals surface area (Å²) in [5.74, 6) is 0.286. The Bertz CT molecular complexity index is 891. The van der Waals surface area contributed by atoms with Crippen LogP contribution >= 0.6 is 0 Å². The van der Waals surface area contributed by atoms with E-state index in [2.05, 4.69) is 48.4 Å². The Morgan fingerprint density at radius 3 is 2.50 bits per heavy atom. The lowest BCUT2D eigenvalue weighted by atomic mass is 9.86. The van der Waals surface area contributed by atoms with E-state index < -0.39 is 0 Å². The van der Waals surface area contributed by atoms with Gasteiger partial charge in [0.15, 0.2) is 5.76 Å². The summed E-state index contributed by atoms with van der Waals surface area (Å²) in [6.45, 7) is 8.67. The monoisotopic (exact) mass is 349 g/mol. The van der Waals surface area contributed by atoms with Gasteiger partial charge in [-0.1, -0.05) is 56.3 Å². The van der Waals surface area contributed by atoms with Gasteiger partial charge in [-0.05, 0) is 29.5 Å². The molecule has 0 unspecified atom stereocenters. The molecule has 3 rings (SSSR count). The summed E-state index contributed by atoms with van der Waals surface area (Å²) in [5, 5.41) is 6.90. The van der Waals surface area contributed by atoms with E-state index in [4.69, 9.17) is 4.52 Å². The van der Waals surface area contributed by atoms with E-state index in [1.54, 1.807) is 19.3 Å². The van der Waals surface area contributed by atoms with Crippen molar-refractivity contribution in [1.29, 1.82) is 0 Å². The average Bonchev–Trinajstić information content (AvgIpc) is 3.01. The smallest absolute Gasteiger partial charge is 0.257 e. The van der Waals surface area contributed by atoms with Crippen molar-refractivity contribution in [2.45, 2.75) is 39.7 Å². The van der Waals surface area contributed by atoms with Crippen LogP contribution in [0, 0.1) is 6.92 Å². The fraction of sp³-hybridized carbons (Fsp3) is 0.286. The van der Waals surface area contributed by atoms with Crippen LogP contribution in [-0.4, -0.2) is 16.0 Å². The molecule has 134 valence electrons. The number of hydrogen-bond acceptors (Lipinski definition) is 4. The SMILES string of the molecule is Cc1noc(-c2ccc(C(C)(C)C)cc2)c1C(=O)NCc1cccnc1. The van der Waals surface area contributed by atoms with E-state index in [0.717, 1.165) is 11.1 Å². The molecule has 1 amide bonds. The minimum absolute atomic E-state index is 0.0692. The van der Waals surface area contributed by atoms with Crippen LogP contribution in [0.3, 0.4) is 0 Å². The third-order valence-corrected chi connectivity index (χ3v) is 4.28. The maximum Gasteiger partial charge on any atom is 0.257 e. The summed E-state index contributed by atoms with van der Waals surface area (Å²) in [6, 6.07) is 11.8. The summed E-state index contributed by atoms with van der Waals surface area (Å²) in [5.41, 5.74) is 4.11. The Balaban J connectivity index is 1.83. The Morgan fingerprint density at radius 2 is 1.88 bits per heavy atom. The molecule has 1 aromatic carbocycles. The summed E-state index contributed by atoms with van der Waals surface area (Å²) in [4.78, 5) is 16.7. The second-order valence-corrected chi connectivity index (χ2v) is 7.34. The second kappa shape index (κ2) is 7.12. The van der Waals surface area contributed by atoms with Crippen molar-refractivity contribution in [2.24, 2.45) is 0 Å². The first-order valence-electron chi connectivity index (χ1n) is 8.60. The van der Waals surface area contributed by atoms with E-state index in [9.17, 15) is 4.79 Å². The lowest BCUT2D eigenvalue weighted by molar-refractivity contribution is 0.0950. The lowest BCUT2D eigenvalue weighted by Gasteiger charge is -2.18. The minimum Gasteiger partial charge on any atom is -0.355 e. The zero-order valence-corrected chi connectivity index (χ0v) is 15.5. The molecule has 5 nitrogen and oxygen atoms in total. The molecule has 0 spiro atoms. The van der Waals surface area contributed by atoms with Gasteiger partial charge >= 0.3 is 0 Å². The Morgan fingerprint density at radius 1 is 1.15 bits per heavy atom. The summed E-state index contributed by atoms with van der Waals surface area (Å²) in [7, 11) is 0. The van der Waals surface area contributed by atoms with Crippen molar-refractivity contribution < 1.29 is 9.32 Å². The van der Waals surface area contributed by atoms with E-state index in [0.29, 0.717) is 23.6 Å². The standard InChI is InChI=1S/C21H23N3O2/c1-14-18(20(25)23-13-15-6-5-11-22-12-15)19(26-24-14)16-7-9-17(10-8-16)21(2,3)4/h5-12H,13H2,1-4H3,(H,23,25). The number of aromatic nitrogens is 2. The number of nitrogens with one attached hydrogen (secondary N) is 1. The van der Waals surface area contributed by atoms with Crippen molar-refractivity contribution in [1.82, 2.24) is 15.5 Å². The van der Waals surface area contributed by atoms with Gasteiger partial charge in [0.1, 0.15) is 5.56 Å². The number of carbonyl (C=O) groups excluding carboxylic acids is 1. The van der Waals surface area contributed by atoms with Gasteiger partial charge in [-0.15, -0.1) is 0 Å². The van der Waals surface area contributed by atoms with Gasteiger partial charge in [-0.3, -0.25) is 9.78 Å². The van der Waals surface area contributed by atoms with Crippen LogP contribution in [0.25, 0.3) is 11.3 Å². The predicted molar refractivity (Wildman–Crippen MR) is 101 cm³/mol. The molecule has 5 heteroatoms. The van der Waals surface area contributed by atoms with Crippen LogP contribution in [-0.2, 0) is 12.0 Å². The lowest BCUT2D eigenvalue weighted by Crippen LogP contribution is -2.23. The highest BCUT2D eigenvalue weighted by Gasteiger charge is 2.22. The fourth-order valence-electron chi connectivity index (χ4n) is 2.73. The van der Waals surface area contributed by atoms with Crippen molar-refractivity contribution in [3.8, 4) is 11.3 Å². The van der Waals surface area contributed by atoms with Crippen molar-refractivity contribution in [2.75, 3.05) is 0 Å². The highest BCUT2D eigenvalue weighted by molar-refractivity contribution is 6.00. The van der Waals surface area contributed by atoms with E-state index in [1.807, 2.05) is 24.3 Å². The molecule has 1 N–H and O–H groups in total. The van der Waals surface area contributed by atoms with Gasteiger partial charge in [-0.25, -0.2) is 0 Å². The van der Waals surface area contributed by atoms with Crippen molar-refractivity contribution in [3.05, 3.63) is 71.2 Å². The Hall–Kier alpha value is -2.95. The third-order valence-electron chi connectivity index (χ3n) is 4.28. The van der Waals surface area contributed by atoms with Crippen LogP contribution in [0.15, 0.2) is 53.3 Å². The average molecular weight is 349 g/mol. The number of amides is 1. The number of pyridine rings is 1. The molecule has 0 atom stereocenters. The fourth-order valence-corrected chi connectivity index (χ4v) is 2.73. The topological polar surface area (TPSA) is 68.0 Å². The molecule has 2 aromatic heterocycles. The second-order valence-electron chi connectivity index (χ2n) is 7.34. The summed E-state index contributed by atoms with van der Waals surface area (Å²) >= 11 is 0.